The summed E-state index contributed by atoms with van der Waals surface area (Å²) in [5.74, 6) is 0. The summed E-state index contributed by atoms with van der Waals surface area (Å²) in [5.41, 5.74) is 7.78. The Bertz CT molecular complexity index is 426. The number of H-pyrrole nitrogens is 1. The van der Waals surface area contributed by atoms with Gasteiger partial charge in [-0.2, -0.15) is 0 Å². The molecule has 0 radical (unpaired) electrons. The fraction of sp³-hybridized carbons (Fsp3) is 0.0909. The lowest BCUT2D eigenvalue weighted by molar-refractivity contribution is 1.26. The molecule has 0 amide bonds. The Morgan fingerprint density at radius 1 is 1.31 bits per heavy atom. The van der Waals surface area contributed by atoms with Gasteiger partial charge >= 0.3 is 0 Å². The van der Waals surface area contributed by atoms with Gasteiger partial charge in [-0.3, -0.25) is 0 Å². The van der Waals surface area contributed by atoms with E-state index in [-0.39, 0.29) is 0 Å². The van der Waals surface area contributed by atoms with E-state index in [1.165, 1.54) is 16.5 Å². The smallest absolute Gasteiger partial charge is 0.0459 e. The van der Waals surface area contributed by atoms with Crippen LogP contribution < -0.4 is 5.73 Å². The van der Waals surface area contributed by atoms with Crippen molar-refractivity contribution in [2.75, 3.05) is 6.54 Å². The van der Waals surface area contributed by atoms with Gasteiger partial charge in [-0.25, -0.2) is 0 Å². The van der Waals surface area contributed by atoms with E-state index in [0.717, 1.165) is 0 Å². The molecule has 3 N–H and O–H groups in total. The Labute approximate surface area is 77.1 Å². The Kier molecular flexibility index (Phi) is 2.15. The number of nitrogens with two attached hydrogens (primary N) is 1. The van der Waals surface area contributed by atoms with E-state index in [1.54, 1.807) is 0 Å². The molecule has 0 unspecified atom stereocenters. The molecule has 0 spiro atoms. The highest BCUT2D eigenvalue weighted by Crippen LogP contribution is 2.18. The number of aromatic amines is 1. The average molecular weight is 172 g/mol. The summed E-state index contributed by atoms with van der Waals surface area (Å²) in [7, 11) is 0. The van der Waals surface area contributed by atoms with Crippen molar-refractivity contribution in [2.45, 2.75) is 0 Å². The fourth-order valence-electron chi connectivity index (χ4n) is 1.45. The van der Waals surface area contributed by atoms with E-state index < -0.39 is 0 Å². The number of fused-ring (bicyclic) bond motifs is 1. The fourth-order valence-corrected chi connectivity index (χ4v) is 1.45. The largest absolute Gasteiger partial charge is 0.361 e. The van der Waals surface area contributed by atoms with Gasteiger partial charge in [-0.05, 0) is 17.7 Å². The minimum Gasteiger partial charge on any atom is -0.361 e. The third-order valence-corrected chi connectivity index (χ3v) is 2.06. The second-order valence-electron chi connectivity index (χ2n) is 2.92. The Morgan fingerprint density at radius 2 is 2.23 bits per heavy atom. The number of nitrogens with one attached hydrogen (secondary N) is 1. The van der Waals surface area contributed by atoms with Gasteiger partial charge < -0.3 is 10.7 Å². The highest BCUT2D eigenvalue weighted by atomic mass is 14.7. The SMILES string of the molecule is NC/C=C/c1cccc2[nH]ccc12. The first kappa shape index (κ1) is 8.08. The van der Waals surface area contributed by atoms with Gasteiger partial charge in [-0.15, -0.1) is 0 Å². The van der Waals surface area contributed by atoms with Crippen molar-refractivity contribution in [1.82, 2.24) is 4.98 Å². The van der Waals surface area contributed by atoms with E-state index in [2.05, 4.69) is 29.3 Å². The molecule has 0 aliphatic heterocycles. The van der Waals surface area contributed by atoms with Gasteiger partial charge in [0.05, 0.1) is 0 Å². The number of hydrogen-bond donors (Lipinski definition) is 2. The normalized spacial score (nSPS) is 11.5. The maximum absolute atomic E-state index is 5.40. The summed E-state index contributed by atoms with van der Waals surface area (Å²) in [6.45, 7) is 0.584. The van der Waals surface area contributed by atoms with Crippen LogP contribution in [0.1, 0.15) is 5.56 Å². The molecule has 1 aromatic heterocycles. The Balaban J connectivity index is 2.54. The maximum Gasteiger partial charge on any atom is 0.0459 e. The lowest BCUT2D eigenvalue weighted by atomic mass is 10.1. The summed E-state index contributed by atoms with van der Waals surface area (Å²) < 4.78 is 0. The average Bonchev–Trinajstić information content (AvgIpc) is 2.62. The van der Waals surface area contributed by atoms with E-state index in [1.807, 2.05) is 18.3 Å². The van der Waals surface area contributed by atoms with E-state index in [4.69, 9.17) is 5.73 Å². The predicted octanol–water partition coefficient (Wildman–Crippen LogP) is 2.14. The predicted molar refractivity (Wildman–Crippen MR) is 56.4 cm³/mol. The highest BCUT2D eigenvalue weighted by Gasteiger charge is 1.96. The molecule has 1 aromatic carbocycles. The van der Waals surface area contributed by atoms with E-state index >= 15 is 0 Å². The van der Waals surface area contributed by atoms with Gasteiger partial charge in [0.2, 0.25) is 0 Å². The molecule has 66 valence electrons. The Hall–Kier alpha value is -1.54. The second kappa shape index (κ2) is 3.46. The number of hydrogen-bond acceptors (Lipinski definition) is 1. The first-order valence-corrected chi connectivity index (χ1v) is 4.34. The first-order valence-electron chi connectivity index (χ1n) is 4.34. The maximum atomic E-state index is 5.40. The molecule has 0 fully saturated rings. The van der Waals surface area contributed by atoms with Gasteiger partial charge in [0.15, 0.2) is 0 Å². The van der Waals surface area contributed by atoms with Crippen molar-refractivity contribution in [3.63, 3.8) is 0 Å². The summed E-state index contributed by atoms with van der Waals surface area (Å²) in [6.07, 6.45) is 5.96. The first-order chi connectivity index (χ1) is 6.42. The molecule has 1 heterocycles. The topological polar surface area (TPSA) is 41.8 Å². The molecule has 2 heteroatoms. The molecular weight excluding hydrogens is 160 g/mol. The minimum atomic E-state index is 0.584. The van der Waals surface area contributed by atoms with Crippen molar-refractivity contribution >= 4 is 17.0 Å². The molecule has 2 aromatic rings. The van der Waals surface area contributed by atoms with Crippen LogP contribution in [0.5, 0.6) is 0 Å². The molecule has 0 saturated carbocycles. The minimum absolute atomic E-state index is 0.584. The van der Waals surface area contributed by atoms with Crippen LogP contribution in [0.4, 0.5) is 0 Å². The zero-order chi connectivity index (χ0) is 9.10. The van der Waals surface area contributed by atoms with Gasteiger partial charge in [0.25, 0.3) is 0 Å². The lowest BCUT2D eigenvalue weighted by Gasteiger charge is -1.95. The third-order valence-electron chi connectivity index (χ3n) is 2.06. The van der Waals surface area contributed by atoms with E-state index in [9.17, 15) is 0 Å². The van der Waals surface area contributed by atoms with Crippen molar-refractivity contribution in [2.24, 2.45) is 5.73 Å². The van der Waals surface area contributed by atoms with Gasteiger partial charge in [-0.1, -0.05) is 24.3 Å². The molecule has 0 aliphatic carbocycles. The molecular formula is C11H12N2. The van der Waals surface area contributed by atoms with Crippen molar-refractivity contribution < 1.29 is 0 Å². The van der Waals surface area contributed by atoms with Crippen LogP contribution in [0, 0.1) is 0 Å². The van der Waals surface area contributed by atoms with E-state index in [0.29, 0.717) is 6.54 Å². The molecule has 0 saturated heterocycles. The van der Waals surface area contributed by atoms with Crippen molar-refractivity contribution in [3.05, 3.63) is 42.1 Å². The number of aromatic nitrogens is 1. The summed E-state index contributed by atoms with van der Waals surface area (Å²) in [5, 5.41) is 1.24. The van der Waals surface area contributed by atoms with Gasteiger partial charge in [0, 0.05) is 23.6 Å². The summed E-state index contributed by atoms with van der Waals surface area (Å²) in [4.78, 5) is 3.17. The molecule has 0 aliphatic rings. The van der Waals surface area contributed by atoms with Crippen molar-refractivity contribution in [3.8, 4) is 0 Å². The summed E-state index contributed by atoms with van der Waals surface area (Å²) >= 11 is 0. The molecule has 2 rings (SSSR count). The molecule has 2 nitrogen and oxygen atoms in total. The quantitative estimate of drug-likeness (QED) is 0.716. The van der Waals surface area contributed by atoms with Crippen LogP contribution in [0.2, 0.25) is 0 Å². The highest BCUT2D eigenvalue weighted by molar-refractivity contribution is 5.88. The van der Waals surface area contributed by atoms with Crippen molar-refractivity contribution in [1.29, 1.82) is 0 Å². The monoisotopic (exact) mass is 172 g/mol. The third kappa shape index (κ3) is 1.48. The Morgan fingerprint density at radius 3 is 3.08 bits per heavy atom. The standard InChI is InChI=1S/C11H12N2/c12-7-2-4-9-3-1-5-11-10(9)6-8-13-11/h1-6,8,13H,7,12H2/b4-2+. The van der Waals surface area contributed by atoms with Crippen LogP contribution in [-0.2, 0) is 0 Å². The zero-order valence-corrected chi connectivity index (χ0v) is 7.33. The van der Waals surface area contributed by atoms with Crippen LogP contribution in [0.15, 0.2) is 36.5 Å². The lowest BCUT2D eigenvalue weighted by Crippen LogP contribution is -1.91. The van der Waals surface area contributed by atoms with Crippen LogP contribution in [0.25, 0.3) is 17.0 Å². The summed E-state index contributed by atoms with van der Waals surface area (Å²) in [6, 6.07) is 8.26. The molecule has 0 atom stereocenters. The van der Waals surface area contributed by atoms with Crippen LogP contribution >= 0.6 is 0 Å². The number of rotatable bonds is 2. The van der Waals surface area contributed by atoms with Crippen LogP contribution in [0.3, 0.4) is 0 Å². The number of benzene rings is 1. The zero-order valence-electron chi connectivity index (χ0n) is 7.33. The molecule has 0 bridgehead atoms. The second-order valence-corrected chi connectivity index (χ2v) is 2.92. The van der Waals surface area contributed by atoms with Crippen LogP contribution in [-0.4, -0.2) is 11.5 Å². The molecule has 13 heavy (non-hydrogen) atoms. The van der Waals surface area contributed by atoms with Gasteiger partial charge in [0.1, 0.15) is 0 Å².